The van der Waals surface area contributed by atoms with E-state index < -0.39 is 6.10 Å². The molecule has 2 rings (SSSR count). The molecule has 1 atom stereocenters. The number of halogens is 3. The Bertz CT molecular complexity index is 592. The van der Waals surface area contributed by atoms with Gasteiger partial charge < -0.3 is 5.11 Å². The van der Waals surface area contributed by atoms with Crippen LogP contribution in [0.2, 0.25) is 0 Å². The van der Waals surface area contributed by atoms with Gasteiger partial charge in [-0.2, -0.15) is 0 Å². The van der Waals surface area contributed by atoms with Crippen molar-refractivity contribution in [1.29, 1.82) is 0 Å². The van der Waals surface area contributed by atoms with Crippen molar-refractivity contribution < 1.29 is 13.9 Å². The van der Waals surface area contributed by atoms with Crippen LogP contribution in [0.15, 0.2) is 51.8 Å². The molecule has 0 fully saturated rings. The third-order valence-corrected chi connectivity index (χ3v) is 4.61. The molecule has 0 heterocycles. The van der Waals surface area contributed by atoms with Crippen molar-refractivity contribution in [3.8, 4) is 0 Å². The molecule has 0 spiro atoms. The molecule has 0 aliphatic heterocycles. The van der Waals surface area contributed by atoms with E-state index in [1.54, 1.807) is 18.2 Å². The fourth-order valence-corrected chi connectivity index (χ4v) is 3.04. The van der Waals surface area contributed by atoms with E-state index in [0.717, 1.165) is 14.9 Å². The van der Waals surface area contributed by atoms with E-state index in [-0.39, 0.29) is 11.6 Å². The van der Waals surface area contributed by atoms with Gasteiger partial charge in [0.2, 0.25) is 0 Å². The highest BCUT2D eigenvalue weighted by Crippen LogP contribution is 2.23. The van der Waals surface area contributed by atoms with Crippen molar-refractivity contribution in [2.45, 2.75) is 17.4 Å². The Morgan fingerprint density at radius 1 is 1.10 bits per heavy atom. The SMILES string of the molecule is OC(CSc1cccc(F)c1)Cc1cc(F)ccc1Br. The van der Waals surface area contributed by atoms with Gasteiger partial charge in [-0.25, -0.2) is 8.78 Å². The Labute approximate surface area is 129 Å². The van der Waals surface area contributed by atoms with Crippen LogP contribution in [0, 0.1) is 11.6 Å². The molecule has 0 aliphatic carbocycles. The minimum atomic E-state index is -0.624. The number of aliphatic hydroxyl groups excluding tert-OH is 1. The number of hydrogen-bond acceptors (Lipinski definition) is 2. The number of thioether (sulfide) groups is 1. The molecule has 5 heteroatoms. The zero-order valence-electron chi connectivity index (χ0n) is 10.5. The van der Waals surface area contributed by atoms with E-state index in [0.29, 0.717) is 12.2 Å². The monoisotopic (exact) mass is 358 g/mol. The second kappa shape index (κ2) is 7.20. The predicted molar refractivity (Wildman–Crippen MR) is 80.9 cm³/mol. The molecule has 0 aromatic heterocycles. The van der Waals surface area contributed by atoms with Gasteiger partial charge >= 0.3 is 0 Å². The molecule has 0 saturated carbocycles. The molecule has 0 aliphatic rings. The van der Waals surface area contributed by atoms with E-state index in [1.807, 2.05) is 0 Å². The van der Waals surface area contributed by atoms with E-state index in [9.17, 15) is 13.9 Å². The first-order valence-corrected chi connectivity index (χ1v) is 7.83. The summed E-state index contributed by atoms with van der Waals surface area (Å²) < 4.78 is 26.9. The summed E-state index contributed by atoms with van der Waals surface area (Å²) in [4.78, 5) is 0.766. The van der Waals surface area contributed by atoms with Crippen molar-refractivity contribution in [2.75, 3.05) is 5.75 Å². The normalized spacial score (nSPS) is 12.4. The lowest BCUT2D eigenvalue weighted by atomic mass is 10.1. The van der Waals surface area contributed by atoms with Gasteiger partial charge in [0.15, 0.2) is 0 Å². The molecule has 1 unspecified atom stereocenters. The largest absolute Gasteiger partial charge is 0.392 e. The minimum absolute atomic E-state index is 0.294. The van der Waals surface area contributed by atoms with Crippen molar-refractivity contribution in [1.82, 2.24) is 0 Å². The summed E-state index contributed by atoms with van der Waals surface area (Å²) >= 11 is 4.70. The predicted octanol–water partition coefficient (Wildman–Crippen LogP) is 4.42. The van der Waals surface area contributed by atoms with Gasteiger partial charge in [0, 0.05) is 21.5 Å². The van der Waals surface area contributed by atoms with Crippen LogP contribution in [0.1, 0.15) is 5.56 Å². The zero-order chi connectivity index (χ0) is 14.5. The van der Waals surface area contributed by atoms with E-state index in [2.05, 4.69) is 15.9 Å². The van der Waals surface area contributed by atoms with Crippen molar-refractivity contribution in [3.05, 3.63) is 64.1 Å². The van der Waals surface area contributed by atoms with Gasteiger partial charge in [-0.1, -0.05) is 22.0 Å². The Morgan fingerprint density at radius 3 is 2.60 bits per heavy atom. The van der Waals surface area contributed by atoms with Gasteiger partial charge in [0.1, 0.15) is 11.6 Å². The average Bonchev–Trinajstić information content (AvgIpc) is 2.41. The fourth-order valence-electron chi connectivity index (χ4n) is 1.76. The fraction of sp³-hybridized carbons (Fsp3) is 0.200. The molecule has 2 aromatic rings. The molecule has 106 valence electrons. The molecule has 2 aromatic carbocycles. The molecule has 1 nitrogen and oxygen atoms in total. The standard InChI is InChI=1S/C15H13BrF2OS/c16-15-5-4-12(18)6-10(15)7-13(19)9-20-14-3-1-2-11(17)8-14/h1-6,8,13,19H,7,9H2. The van der Waals surface area contributed by atoms with Crippen LogP contribution >= 0.6 is 27.7 Å². The van der Waals surface area contributed by atoms with Crippen LogP contribution in [0.4, 0.5) is 8.78 Å². The molecule has 20 heavy (non-hydrogen) atoms. The lowest BCUT2D eigenvalue weighted by Gasteiger charge is -2.12. The summed E-state index contributed by atoms with van der Waals surface area (Å²) in [5.41, 5.74) is 0.720. The lowest BCUT2D eigenvalue weighted by Crippen LogP contribution is -2.14. The van der Waals surface area contributed by atoms with Gasteiger partial charge in [0.25, 0.3) is 0 Å². The van der Waals surface area contributed by atoms with E-state index in [1.165, 1.54) is 36.0 Å². The minimum Gasteiger partial charge on any atom is -0.392 e. The summed E-state index contributed by atoms with van der Waals surface area (Å²) in [5.74, 6) is -0.197. The molecular formula is C15H13BrF2OS. The highest BCUT2D eigenvalue weighted by Gasteiger charge is 2.10. The number of aliphatic hydroxyl groups is 1. The maximum Gasteiger partial charge on any atom is 0.124 e. The molecule has 0 saturated heterocycles. The number of hydrogen-bond donors (Lipinski definition) is 1. The maximum absolute atomic E-state index is 13.1. The third-order valence-electron chi connectivity index (χ3n) is 2.70. The molecular weight excluding hydrogens is 346 g/mol. The molecule has 1 N–H and O–H groups in total. The van der Waals surface area contributed by atoms with Gasteiger partial charge in [0.05, 0.1) is 6.10 Å². The smallest absolute Gasteiger partial charge is 0.124 e. The van der Waals surface area contributed by atoms with E-state index in [4.69, 9.17) is 0 Å². The maximum atomic E-state index is 13.1. The van der Waals surface area contributed by atoms with Gasteiger partial charge in [-0.3, -0.25) is 0 Å². The van der Waals surface area contributed by atoms with Gasteiger partial charge in [-0.15, -0.1) is 11.8 Å². The lowest BCUT2D eigenvalue weighted by molar-refractivity contribution is 0.200. The van der Waals surface area contributed by atoms with Crippen LogP contribution in [-0.2, 0) is 6.42 Å². The number of rotatable bonds is 5. The van der Waals surface area contributed by atoms with Crippen LogP contribution in [0.3, 0.4) is 0 Å². The second-order valence-electron chi connectivity index (χ2n) is 4.36. The Hall–Kier alpha value is -0.910. The van der Waals surface area contributed by atoms with Gasteiger partial charge in [-0.05, 0) is 42.0 Å². The summed E-state index contributed by atoms with van der Waals surface area (Å²) in [6.45, 7) is 0. The van der Waals surface area contributed by atoms with Crippen molar-refractivity contribution in [2.24, 2.45) is 0 Å². The first-order valence-electron chi connectivity index (χ1n) is 6.05. The molecule has 0 amide bonds. The highest BCUT2D eigenvalue weighted by atomic mass is 79.9. The zero-order valence-corrected chi connectivity index (χ0v) is 12.9. The second-order valence-corrected chi connectivity index (χ2v) is 6.31. The van der Waals surface area contributed by atoms with Crippen molar-refractivity contribution in [3.63, 3.8) is 0 Å². The van der Waals surface area contributed by atoms with Crippen LogP contribution < -0.4 is 0 Å². The highest BCUT2D eigenvalue weighted by molar-refractivity contribution is 9.10. The number of benzene rings is 2. The first-order chi connectivity index (χ1) is 9.54. The van der Waals surface area contributed by atoms with Crippen LogP contribution in [0.25, 0.3) is 0 Å². The average molecular weight is 359 g/mol. The van der Waals surface area contributed by atoms with Crippen molar-refractivity contribution >= 4 is 27.7 Å². The van der Waals surface area contributed by atoms with Crippen LogP contribution in [-0.4, -0.2) is 17.0 Å². The van der Waals surface area contributed by atoms with Crippen LogP contribution in [0.5, 0.6) is 0 Å². The summed E-state index contributed by atoms with van der Waals surface area (Å²) in [7, 11) is 0. The first kappa shape index (κ1) is 15.5. The van der Waals surface area contributed by atoms with E-state index >= 15 is 0 Å². The Kier molecular flexibility index (Phi) is 5.57. The summed E-state index contributed by atoms with van der Waals surface area (Å²) in [5, 5.41) is 9.99. The Balaban J connectivity index is 1.92. The summed E-state index contributed by atoms with van der Waals surface area (Å²) in [6.07, 6.45) is -0.276. The quantitative estimate of drug-likeness (QED) is 0.798. The summed E-state index contributed by atoms with van der Waals surface area (Å²) in [6, 6.07) is 10.6. The third kappa shape index (κ3) is 4.58. The Morgan fingerprint density at radius 2 is 1.85 bits per heavy atom. The topological polar surface area (TPSA) is 20.2 Å². The molecule has 0 bridgehead atoms. The molecule has 0 radical (unpaired) electrons.